The number of fused-ring (bicyclic) bond motifs is 1. The van der Waals surface area contributed by atoms with Gasteiger partial charge in [-0.3, -0.25) is 9.78 Å². The largest absolute Gasteiger partial charge is 0.494 e. The number of ether oxygens (including phenoxy) is 1. The number of allylic oxidation sites excluding steroid dienone is 2. The molecule has 5 heteroatoms. The first-order valence-corrected chi connectivity index (χ1v) is 9.59. The van der Waals surface area contributed by atoms with Gasteiger partial charge < -0.3 is 10.1 Å². The van der Waals surface area contributed by atoms with E-state index in [-0.39, 0.29) is 5.91 Å². The topological polar surface area (TPSA) is 64.1 Å². The van der Waals surface area contributed by atoms with Crippen molar-refractivity contribution in [3.8, 4) is 5.75 Å². The highest BCUT2D eigenvalue weighted by molar-refractivity contribution is 5.94. The number of pyridine rings is 2. The van der Waals surface area contributed by atoms with Crippen LogP contribution in [0.1, 0.15) is 42.2 Å². The Morgan fingerprint density at radius 3 is 2.93 bits per heavy atom. The summed E-state index contributed by atoms with van der Waals surface area (Å²) in [6.45, 7) is 3.15. The Morgan fingerprint density at radius 2 is 2.04 bits per heavy atom. The Kier molecular flexibility index (Phi) is 7.13. The summed E-state index contributed by atoms with van der Waals surface area (Å²) < 4.78 is 5.81. The molecule has 0 saturated carbocycles. The number of rotatable bonds is 9. The molecule has 0 aliphatic rings. The summed E-state index contributed by atoms with van der Waals surface area (Å²) in [5.74, 6) is 0.619. The quantitative estimate of drug-likeness (QED) is 0.435. The summed E-state index contributed by atoms with van der Waals surface area (Å²) in [5, 5.41) is 2.91. The van der Waals surface area contributed by atoms with Gasteiger partial charge in [0.15, 0.2) is 0 Å². The van der Waals surface area contributed by atoms with Gasteiger partial charge in [0.05, 0.1) is 17.6 Å². The van der Waals surface area contributed by atoms with Crippen molar-refractivity contribution in [1.29, 1.82) is 0 Å². The van der Waals surface area contributed by atoms with Crippen LogP contribution in [0.4, 0.5) is 0 Å². The Morgan fingerprint density at radius 1 is 1.11 bits per heavy atom. The second-order valence-electron chi connectivity index (χ2n) is 6.48. The zero-order valence-corrected chi connectivity index (χ0v) is 16.1. The molecule has 0 spiro atoms. The second kappa shape index (κ2) is 10.2. The minimum Gasteiger partial charge on any atom is -0.494 e. The molecule has 0 radical (unpaired) electrons. The van der Waals surface area contributed by atoms with Crippen LogP contribution < -0.4 is 10.1 Å². The first kappa shape index (κ1) is 19.5. The molecule has 0 atom stereocenters. The molecule has 1 N–H and O–H groups in total. The summed E-state index contributed by atoms with van der Waals surface area (Å²) in [4.78, 5) is 21.0. The zero-order valence-electron chi connectivity index (χ0n) is 16.1. The van der Waals surface area contributed by atoms with Crippen LogP contribution in [0.5, 0.6) is 5.75 Å². The molecule has 3 aromatic rings. The van der Waals surface area contributed by atoms with Gasteiger partial charge in [-0.25, -0.2) is 4.98 Å². The maximum absolute atomic E-state index is 12.4. The standard InChI is InChI=1S/C23H25N3O2/c1-2-3-4-5-6-15-28-19-10-7-9-18(16-19)17-25-23(27)22-13-12-20-21(26-22)11-8-14-24-20/h2-3,7-14,16H,4-6,15,17H2,1H3,(H,25,27). The number of unbranched alkanes of at least 4 members (excludes halogenated alkanes) is 2. The van der Waals surface area contributed by atoms with Gasteiger partial charge >= 0.3 is 0 Å². The summed E-state index contributed by atoms with van der Waals surface area (Å²) >= 11 is 0. The van der Waals surface area contributed by atoms with Crippen LogP contribution in [0.15, 0.2) is 66.9 Å². The lowest BCUT2D eigenvalue weighted by atomic mass is 10.2. The SMILES string of the molecule is CC=CCCCCOc1cccc(CNC(=O)c2ccc3ncccc3n2)c1. The van der Waals surface area contributed by atoms with E-state index in [1.807, 2.05) is 49.4 Å². The van der Waals surface area contributed by atoms with E-state index >= 15 is 0 Å². The number of benzene rings is 1. The van der Waals surface area contributed by atoms with Crippen LogP contribution >= 0.6 is 0 Å². The van der Waals surface area contributed by atoms with E-state index in [9.17, 15) is 4.79 Å². The van der Waals surface area contributed by atoms with Crippen LogP contribution in [0.25, 0.3) is 11.0 Å². The molecule has 28 heavy (non-hydrogen) atoms. The number of nitrogens with zero attached hydrogens (tertiary/aromatic N) is 2. The molecule has 1 amide bonds. The van der Waals surface area contributed by atoms with E-state index in [1.54, 1.807) is 12.3 Å². The molecule has 0 saturated heterocycles. The number of nitrogens with one attached hydrogen (secondary N) is 1. The van der Waals surface area contributed by atoms with Gasteiger partial charge in [0.2, 0.25) is 0 Å². The van der Waals surface area contributed by atoms with Crippen molar-refractivity contribution in [3.05, 3.63) is 78.1 Å². The van der Waals surface area contributed by atoms with Crippen LogP contribution in [0, 0.1) is 0 Å². The van der Waals surface area contributed by atoms with Gasteiger partial charge in [0, 0.05) is 12.7 Å². The maximum Gasteiger partial charge on any atom is 0.270 e. The molecule has 2 aromatic heterocycles. The van der Waals surface area contributed by atoms with Gasteiger partial charge in [-0.05, 0) is 68.1 Å². The smallest absolute Gasteiger partial charge is 0.270 e. The molecule has 2 heterocycles. The third-order valence-electron chi connectivity index (χ3n) is 4.31. The molecular weight excluding hydrogens is 350 g/mol. The van der Waals surface area contributed by atoms with E-state index in [4.69, 9.17) is 4.74 Å². The van der Waals surface area contributed by atoms with E-state index in [1.165, 1.54) is 0 Å². The van der Waals surface area contributed by atoms with Crippen molar-refractivity contribution in [2.24, 2.45) is 0 Å². The van der Waals surface area contributed by atoms with Gasteiger partial charge in [-0.2, -0.15) is 0 Å². The van der Waals surface area contributed by atoms with Crippen LogP contribution in [-0.2, 0) is 6.54 Å². The van der Waals surface area contributed by atoms with E-state index in [0.717, 1.165) is 36.1 Å². The van der Waals surface area contributed by atoms with Gasteiger partial charge in [0.25, 0.3) is 5.91 Å². The second-order valence-corrected chi connectivity index (χ2v) is 6.48. The van der Waals surface area contributed by atoms with Gasteiger partial charge in [0.1, 0.15) is 11.4 Å². The summed E-state index contributed by atoms with van der Waals surface area (Å²) in [5.41, 5.74) is 2.85. The average Bonchev–Trinajstić information content (AvgIpc) is 2.74. The highest BCUT2D eigenvalue weighted by Crippen LogP contribution is 2.14. The predicted octanol–water partition coefficient (Wildman–Crippen LogP) is 4.69. The van der Waals surface area contributed by atoms with Crippen LogP contribution in [0.2, 0.25) is 0 Å². The maximum atomic E-state index is 12.4. The van der Waals surface area contributed by atoms with Gasteiger partial charge in [-0.15, -0.1) is 0 Å². The third-order valence-corrected chi connectivity index (χ3v) is 4.31. The fraction of sp³-hybridized carbons (Fsp3) is 0.261. The number of carbonyl (C=O) groups is 1. The van der Waals surface area contributed by atoms with Gasteiger partial charge in [-0.1, -0.05) is 24.3 Å². The van der Waals surface area contributed by atoms with Crippen LogP contribution in [-0.4, -0.2) is 22.5 Å². The minimum absolute atomic E-state index is 0.207. The Labute approximate surface area is 165 Å². The Bertz CT molecular complexity index is 953. The summed E-state index contributed by atoms with van der Waals surface area (Å²) in [7, 11) is 0. The fourth-order valence-corrected chi connectivity index (χ4v) is 2.82. The molecule has 5 nitrogen and oxygen atoms in total. The zero-order chi connectivity index (χ0) is 19.6. The lowest BCUT2D eigenvalue weighted by molar-refractivity contribution is 0.0946. The highest BCUT2D eigenvalue weighted by atomic mass is 16.5. The summed E-state index contributed by atoms with van der Waals surface area (Å²) in [6, 6.07) is 15.0. The lowest BCUT2D eigenvalue weighted by Gasteiger charge is -2.09. The molecular formula is C23H25N3O2. The molecule has 0 aliphatic heterocycles. The van der Waals surface area contributed by atoms with Crippen molar-refractivity contribution in [1.82, 2.24) is 15.3 Å². The normalized spacial score (nSPS) is 11.0. The van der Waals surface area contributed by atoms with Crippen molar-refractivity contribution in [3.63, 3.8) is 0 Å². The number of carbonyl (C=O) groups excluding carboxylic acids is 1. The van der Waals surface area contributed by atoms with E-state index in [0.29, 0.717) is 24.4 Å². The molecule has 0 bridgehead atoms. The number of hydrogen-bond acceptors (Lipinski definition) is 4. The third kappa shape index (κ3) is 5.64. The highest BCUT2D eigenvalue weighted by Gasteiger charge is 2.08. The molecule has 0 aliphatic carbocycles. The fourth-order valence-electron chi connectivity index (χ4n) is 2.82. The van der Waals surface area contributed by atoms with Crippen molar-refractivity contribution < 1.29 is 9.53 Å². The Balaban J connectivity index is 1.51. The molecule has 144 valence electrons. The number of amides is 1. The van der Waals surface area contributed by atoms with E-state index in [2.05, 4.69) is 27.4 Å². The molecule has 0 fully saturated rings. The molecule has 0 unspecified atom stereocenters. The Hall–Kier alpha value is -3.21. The monoisotopic (exact) mass is 375 g/mol. The van der Waals surface area contributed by atoms with E-state index < -0.39 is 0 Å². The summed E-state index contributed by atoms with van der Waals surface area (Å²) in [6.07, 6.45) is 9.18. The molecule has 1 aromatic carbocycles. The van der Waals surface area contributed by atoms with Crippen molar-refractivity contribution in [2.45, 2.75) is 32.7 Å². The minimum atomic E-state index is -0.207. The molecule has 3 rings (SSSR count). The average molecular weight is 375 g/mol. The predicted molar refractivity (Wildman–Crippen MR) is 111 cm³/mol. The number of hydrogen-bond donors (Lipinski definition) is 1. The first-order chi connectivity index (χ1) is 13.8. The number of aromatic nitrogens is 2. The van der Waals surface area contributed by atoms with Crippen molar-refractivity contribution >= 4 is 16.9 Å². The lowest BCUT2D eigenvalue weighted by Crippen LogP contribution is -2.23. The van der Waals surface area contributed by atoms with Crippen LogP contribution in [0.3, 0.4) is 0 Å². The first-order valence-electron chi connectivity index (χ1n) is 9.59. The van der Waals surface area contributed by atoms with Crippen molar-refractivity contribution in [2.75, 3.05) is 6.61 Å².